The molecular weight excluding hydrogens is 547 g/mol. The minimum Gasteiger partial charge on any atom is -0.288 e. The zero-order valence-electron chi connectivity index (χ0n) is 8.14. The van der Waals surface area contributed by atoms with Gasteiger partial charge in [-0.05, 0) is 72.6 Å². The number of carbonyl (C=O) groups is 1. The maximum absolute atomic E-state index is 12.4. The van der Waals surface area contributed by atoms with E-state index in [0.29, 0.717) is 4.88 Å². The van der Waals surface area contributed by atoms with E-state index in [4.69, 9.17) is 0 Å². The number of hydrogen-bond donors (Lipinski definition) is 0. The highest BCUT2D eigenvalue weighted by atomic mass is 127. The van der Waals surface area contributed by atoms with Gasteiger partial charge in [0.05, 0.1) is 9.35 Å². The van der Waals surface area contributed by atoms with Gasteiger partial charge in [0, 0.05) is 23.5 Å². The molecule has 2 rings (SSSR count). The van der Waals surface area contributed by atoms with E-state index in [-0.39, 0.29) is 5.78 Å². The first-order chi connectivity index (χ1) is 8.00. The van der Waals surface area contributed by atoms with Crippen molar-refractivity contribution in [3.63, 3.8) is 0 Å². The highest BCUT2D eigenvalue weighted by Gasteiger charge is 2.19. The van der Waals surface area contributed by atoms with E-state index in [9.17, 15) is 4.79 Å². The molecule has 0 amide bonds. The van der Waals surface area contributed by atoms with Crippen molar-refractivity contribution in [2.45, 2.75) is 0 Å². The molecule has 0 atom stereocenters. The Balaban J connectivity index is 2.51. The van der Waals surface area contributed by atoms with Crippen molar-refractivity contribution in [2.75, 3.05) is 0 Å². The molecule has 0 unspecified atom stereocenters. The minimum atomic E-state index is 0.0401. The molecule has 0 saturated heterocycles. The number of carbonyl (C=O) groups excluding carboxylic acids is 1. The Morgan fingerprint density at radius 1 is 1.24 bits per heavy atom. The summed E-state index contributed by atoms with van der Waals surface area (Å²) in [5.74, 6) is 0.0401. The van der Waals surface area contributed by atoms with Crippen molar-refractivity contribution in [1.29, 1.82) is 0 Å². The molecule has 17 heavy (non-hydrogen) atoms. The van der Waals surface area contributed by atoms with Gasteiger partial charge < -0.3 is 0 Å². The van der Waals surface area contributed by atoms with E-state index in [1.165, 1.54) is 11.3 Å². The predicted molar refractivity (Wildman–Crippen MR) is 90.0 cm³/mol. The quantitative estimate of drug-likeness (QED) is 0.338. The SMILES string of the molecule is O=C(c1cc(Br)ccc1I)c1scc(Br)c1Br. The van der Waals surface area contributed by atoms with E-state index < -0.39 is 0 Å². The summed E-state index contributed by atoms with van der Waals surface area (Å²) in [7, 11) is 0. The summed E-state index contributed by atoms with van der Waals surface area (Å²) >= 11 is 13.8. The van der Waals surface area contributed by atoms with Gasteiger partial charge in [0.25, 0.3) is 0 Å². The van der Waals surface area contributed by atoms with Gasteiger partial charge in [0.1, 0.15) is 0 Å². The molecule has 1 nitrogen and oxygen atoms in total. The number of ketones is 1. The lowest BCUT2D eigenvalue weighted by molar-refractivity contribution is 0.104. The first-order valence-corrected chi connectivity index (χ1v) is 8.76. The minimum absolute atomic E-state index is 0.0401. The van der Waals surface area contributed by atoms with Gasteiger partial charge in [-0.2, -0.15) is 0 Å². The summed E-state index contributed by atoms with van der Waals surface area (Å²) in [6, 6.07) is 5.70. The number of halogens is 4. The third-order valence-electron chi connectivity index (χ3n) is 2.07. The molecule has 0 saturated carbocycles. The van der Waals surface area contributed by atoms with Gasteiger partial charge >= 0.3 is 0 Å². The fraction of sp³-hybridized carbons (Fsp3) is 0. The molecular formula is C11H4Br3IOS. The average molecular weight is 551 g/mol. The fourth-order valence-corrected chi connectivity index (χ4v) is 4.32. The normalized spacial score (nSPS) is 10.6. The van der Waals surface area contributed by atoms with Crippen molar-refractivity contribution < 1.29 is 4.79 Å². The van der Waals surface area contributed by atoms with Crippen molar-refractivity contribution in [1.82, 2.24) is 0 Å². The Morgan fingerprint density at radius 3 is 2.53 bits per heavy atom. The van der Waals surface area contributed by atoms with Crippen molar-refractivity contribution in [2.24, 2.45) is 0 Å². The van der Waals surface area contributed by atoms with Gasteiger partial charge in [0.15, 0.2) is 0 Å². The van der Waals surface area contributed by atoms with Crippen LogP contribution in [0.5, 0.6) is 0 Å². The average Bonchev–Trinajstić information content (AvgIpc) is 2.62. The van der Waals surface area contributed by atoms with Crippen molar-refractivity contribution in [3.8, 4) is 0 Å². The molecule has 0 aliphatic carbocycles. The summed E-state index contributed by atoms with van der Waals surface area (Å²) < 4.78 is 3.60. The first-order valence-electron chi connectivity index (χ1n) is 4.43. The summed E-state index contributed by atoms with van der Waals surface area (Å²) in [5, 5.41) is 1.90. The van der Waals surface area contributed by atoms with Crippen LogP contribution < -0.4 is 0 Å². The van der Waals surface area contributed by atoms with Crippen molar-refractivity contribution in [3.05, 3.63) is 51.0 Å². The number of hydrogen-bond acceptors (Lipinski definition) is 2. The van der Waals surface area contributed by atoms with E-state index in [1.54, 1.807) is 0 Å². The lowest BCUT2D eigenvalue weighted by Gasteiger charge is -2.03. The molecule has 0 aliphatic rings. The Labute approximate surface area is 142 Å². The number of benzene rings is 1. The standard InChI is InChI=1S/C11H4Br3IOS/c12-5-1-2-8(15)6(3-5)10(16)11-9(14)7(13)4-17-11/h1-4H. The summed E-state index contributed by atoms with van der Waals surface area (Å²) in [6.45, 7) is 0. The Bertz CT molecular complexity index is 594. The van der Waals surface area contributed by atoms with Gasteiger partial charge in [-0.15, -0.1) is 11.3 Å². The zero-order chi connectivity index (χ0) is 12.6. The molecule has 6 heteroatoms. The zero-order valence-corrected chi connectivity index (χ0v) is 15.9. The van der Waals surface area contributed by atoms with Gasteiger partial charge in [-0.3, -0.25) is 4.79 Å². The van der Waals surface area contributed by atoms with E-state index in [1.807, 2.05) is 23.6 Å². The maximum atomic E-state index is 12.4. The first kappa shape index (κ1) is 14.2. The van der Waals surface area contributed by atoms with Crippen LogP contribution in [-0.4, -0.2) is 5.78 Å². The van der Waals surface area contributed by atoms with Crippen LogP contribution in [0.1, 0.15) is 15.2 Å². The van der Waals surface area contributed by atoms with E-state index >= 15 is 0 Å². The number of thiophene rings is 1. The van der Waals surface area contributed by atoms with Crippen LogP contribution >= 0.6 is 81.7 Å². The second kappa shape index (κ2) is 5.81. The van der Waals surface area contributed by atoms with Crippen LogP contribution in [0.25, 0.3) is 0 Å². The third kappa shape index (κ3) is 3.02. The lowest BCUT2D eigenvalue weighted by atomic mass is 10.1. The molecule has 2 aromatic rings. The monoisotopic (exact) mass is 548 g/mol. The maximum Gasteiger partial charge on any atom is 0.205 e. The predicted octanol–water partition coefficient (Wildman–Crippen LogP) is 5.87. The molecule has 0 N–H and O–H groups in total. The van der Waals surface area contributed by atoms with Gasteiger partial charge in [-0.1, -0.05) is 15.9 Å². The fourth-order valence-electron chi connectivity index (χ4n) is 1.27. The van der Waals surface area contributed by atoms with Crippen LogP contribution in [0.15, 0.2) is 37.0 Å². The highest BCUT2D eigenvalue weighted by molar-refractivity contribution is 14.1. The Morgan fingerprint density at radius 2 is 1.94 bits per heavy atom. The van der Waals surface area contributed by atoms with Gasteiger partial charge in [0.2, 0.25) is 5.78 Å². The smallest absolute Gasteiger partial charge is 0.205 e. The topological polar surface area (TPSA) is 17.1 Å². The lowest BCUT2D eigenvalue weighted by Crippen LogP contribution is -2.02. The highest BCUT2D eigenvalue weighted by Crippen LogP contribution is 2.35. The van der Waals surface area contributed by atoms with E-state index in [0.717, 1.165) is 22.6 Å². The van der Waals surface area contributed by atoms with Gasteiger partial charge in [-0.25, -0.2) is 0 Å². The largest absolute Gasteiger partial charge is 0.288 e. The van der Waals surface area contributed by atoms with Crippen molar-refractivity contribution >= 4 is 87.5 Å². The van der Waals surface area contributed by atoms with Crippen LogP contribution in [0.2, 0.25) is 0 Å². The van der Waals surface area contributed by atoms with Crippen LogP contribution in [0.4, 0.5) is 0 Å². The second-order valence-corrected chi connectivity index (χ2v) is 7.78. The summed E-state index contributed by atoms with van der Waals surface area (Å²) in [6.07, 6.45) is 0. The molecule has 0 spiro atoms. The molecule has 1 heterocycles. The molecule has 1 aromatic carbocycles. The number of rotatable bonds is 2. The Kier molecular flexibility index (Phi) is 4.85. The van der Waals surface area contributed by atoms with Crippen LogP contribution in [-0.2, 0) is 0 Å². The van der Waals surface area contributed by atoms with Crippen LogP contribution in [0, 0.1) is 3.57 Å². The summed E-state index contributed by atoms with van der Waals surface area (Å²) in [5.41, 5.74) is 0.718. The molecule has 0 radical (unpaired) electrons. The summed E-state index contributed by atoms with van der Waals surface area (Å²) in [4.78, 5) is 13.1. The molecule has 0 aliphatic heterocycles. The molecule has 0 fully saturated rings. The van der Waals surface area contributed by atoms with E-state index in [2.05, 4.69) is 70.4 Å². The molecule has 88 valence electrons. The molecule has 1 aromatic heterocycles. The second-order valence-electron chi connectivity index (χ2n) is 3.18. The third-order valence-corrected chi connectivity index (χ3v) is 7.03. The van der Waals surface area contributed by atoms with Crippen LogP contribution in [0.3, 0.4) is 0 Å². The Hall–Kier alpha value is 0.760. The molecule has 0 bridgehead atoms.